The number of ether oxygens (including phenoxy) is 1. The third-order valence-corrected chi connectivity index (χ3v) is 5.23. The van der Waals surface area contributed by atoms with Crippen LogP contribution < -0.4 is 10.1 Å². The van der Waals surface area contributed by atoms with E-state index < -0.39 is 0 Å². The standard InChI is InChI=1S/C21H29N3O3/c1-6-22-20(25)16-7-8-24(11-16)12-18-15(4)27-21(23-18)17-9-14(3)19(26-5)10-13(17)2/h9-10,16H,6-8,11-12H2,1-5H3,(H,22,25). The van der Waals surface area contributed by atoms with Crippen molar-refractivity contribution in [2.24, 2.45) is 5.92 Å². The molecule has 1 fully saturated rings. The van der Waals surface area contributed by atoms with Crippen LogP contribution in [0.5, 0.6) is 5.75 Å². The molecule has 6 nitrogen and oxygen atoms in total. The predicted molar refractivity (Wildman–Crippen MR) is 105 cm³/mol. The molecule has 3 rings (SSSR count). The number of rotatable bonds is 6. The Kier molecular flexibility index (Phi) is 5.85. The zero-order chi connectivity index (χ0) is 19.6. The minimum absolute atomic E-state index is 0.0723. The second-order valence-corrected chi connectivity index (χ2v) is 7.27. The van der Waals surface area contributed by atoms with Gasteiger partial charge in [-0.05, 0) is 63.9 Å². The van der Waals surface area contributed by atoms with Crippen molar-refractivity contribution in [1.82, 2.24) is 15.2 Å². The van der Waals surface area contributed by atoms with Crippen molar-refractivity contribution in [3.63, 3.8) is 0 Å². The van der Waals surface area contributed by atoms with Crippen LogP contribution in [0.3, 0.4) is 0 Å². The van der Waals surface area contributed by atoms with Crippen LogP contribution in [-0.4, -0.2) is 42.5 Å². The topological polar surface area (TPSA) is 67.6 Å². The largest absolute Gasteiger partial charge is 0.496 e. The van der Waals surface area contributed by atoms with Crippen LogP contribution in [0.15, 0.2) is 16.5 Å². The lowest BCUT2D eigenvalue weighted by molar-refractivity contribution is -0.124. The quantitative estimate of drug-likeness (QED) is 0.844. The molecular formula is C21H29N3O3. The number of nitrogens with one attached hydrogen (secondary N) is 1. The summed E-state index contributed by atoms with van der Waals surface area (Å²) in [6.45, 7) is 11.0. The lowest BCUT2D eigenvalue weighted by Crippen LogP contribution is -2.32. The number of hydrogen-bond acceptors (Lipinski definition) is 5. The van der Waals surface area contributed by atoms with E-state index in [1.54, 1.807) is 7.11 Å². The Morgan fingerprint density at radius 2 is 2.11 bits per heavy atom. The molecule has 2 heterocycles. The van der Waals surface area contributed by atoms with Gasteiger partial charge >= 0.3 is 0 Å². The van der Waals surface area contributed by atoms with E-state index in [0.29, 0.717) is 19.0 Å². The number of methoxy groups -OCH3 is 1. The van der Waals surface area contributed by atoms with Gasteiger partial charge in [-0.3, -0.25) is 9.69 Å². The summed E-state index contributed by atoms with van der Waals surface area (Å²) in [4.78, 5) is 19.1. The Morgan fingerprint density at radius 1 is 1.33 bits per heavy atom. The number of carbonyl (C=O) groups excluding carboxylic acids is 1. The van der Waals surface area contributed by atoms with Crippen LogP contribution >= 0.6 is 0 Å². The minimum atomic E-state index is 0.0723. The molecule has 1 atom stereocenters. The molecule has 1 saturated heterocycles. The average molecular weight is 371 g/mol. The predicted octanol–water partition coefficient (Wildman–Crippen LogP) is 3.23. The molecule has 1 amide bonds. The number of aryl methyl sites for hydroxylation is 3. The van der Waals surface area contributed by atoms with Crippen LogP contribution in [0, 0.1) is 26.7 Å². The number of benzene rings is 1. The molecule has 0 aliphatic carbocycles. The number of hydrogen-bond donors (Lipinski definition) is 1. The molecule has 6 heteroatoms. The van der Waals surface area contributed by atoms with Gasteiger partial charge in [-0.25, -0.2) is 4.98 Å². The van der Waals surface area contributed by atoms with Gasteiger partial charge in [0.25, 0.3) is 0 Å². The first kappa shape index (κ1) is 19.4. The monoisotopic (exact) mass is 371 g/mol. The number of aromatic nitrogens is 1. The Morgan fingerprint density at radius 3 is 2.81 bits per heavy atom. The van der Waals surface area contributed by atoms with Crippen LogP contribution in [-0.2, 0) is 11.3 Å². The highest BCUT2D eigenvalue weighted by atomic mass is 16.5. The molecule has 0 saturated carbocycles. The van der Waals surface area contributed by atoms with Gasteiger partial charge in [0, 0.05) is 25.2 Å². The first-order valence-corrected chi connectivity index (χ1v) is 9.54. The van der Waals surface area contributed by atoms with Crippen molar-refractivity contribution in [3.05, 3.63) is 34.7 Å². The first-order chi connectivity index (χ1) is 12.9. The number of amides is 1. The zero-order valence-electron chi connectivity index (χ0n) is 16.9. The second kappa shape index (κ2) is 8.13. The smallest absolute Gasteiger partial charge is 0.226 e. The maximum absolute atomic E-state index is 12.0. The van der Waals surface area contributed by atoms with E-state index in [4.69, 9.17) is 14.1 Å². The second-order valence-electron chi connectivity index (χ2n) is 7.27. The van der Waals surface area contributed by atoms with Crippen molar-refractivity contribution in [2.75, 3.05) is 26.7 Å². The van der Waals surface area contributed by atoms with Crippen LogP contribution in [0.4, 0.5) is 0 Å². The summed E-state index contributed by atoms with van der Waals surface area (Å²) in [7, 11) is 1.68. The maximum Gasteiger partial charge on any atom is 0.226 e. The molecule has 1 aliphatic rings. The van der Waals surface area contributed by atoms with Gasteiger partial charge in [-0.15, -0.1) is 0 Å². The van der Waals surface area contributed by atoms with Gasteiger partial charge in [0.1, 0.15) is 11.5 Å². The first-order valence-electron chi connectivity index (χ1n) is 9.54. The molecule has 0 radical (unpaired) electrons. The molecule has 0 spiro atoms. The Labute approximate surface area is 160 Å². The fourth-order valence-electron chi connectivity index (χ4n) is 3.65. The zero-order valence-corrected chi connectivity index (χ0v) is 16.9. The van der Waals surface area contributed by atoms with E-state index in [9.17, 15) is 4.79 Å². The summed E-state index contributed by atoms with van der Waals surface area (Å²) in [6.07, 6.45) is 0.895. The van der Waals surface area contributed by atoms with Gasteiger partial charge < -0.3 is 14.5 Å². The summed E-state index contributed by atoms with van der Waals surface area (Å²) in [5.74, 6) is 2.57. The van der Waals surface area contributed by atoms with Crippen molar-refractivity contribution >= 4 is 5.91 Å². The molecule has 146 valence electrons. The van der Waals surface area contributed by atoms with Crippen molar-refractivity contribution < 1.29 is 13.9 Å². The normalized spacial score (nSPS) is 17.3. The summed E-state index contributed by atoms with van der Waals surface area (Å²) in [5.41, 5.74) is 4.06. The number of nitrogens with zero attached hydrogens (tertiary/aromatic N) is 2. The van der Waals surface area contributed by atoms with E-state index in [2.05, 4.69) is 16.3 Å². The fourth-order valence-corrected chi connectivity index (χ4v) is 3.65. The number of likely N-dealkylation sites (tertiary alicyclic amines) is 1. The highest BCUT2D eigenvalue weighted by molar-refractivity contribution is 5.79. The molecule has 0 bridgehead atoms. The van der Waals surface area contributed by atoms with Gasteiger partial charge in [-0.1, -0.05) is 0 Å². The summed E-state index contributed by atoms with van der Waals surface area (Å²) in [6, 6.07) is 4.07. The highest BCUT2D eigenvalue weighted by Gasteiger charge is 2.29. The van der Waals surface area contributed by atoms with Gasteiger partial charge in [0.2, 0.25) is 11.8 Å². The van der Waals surface area contributed by atoms with E-state index in [-0.39, 0.29) is 11.8 Å². The molecular weight excluding hydrogens is 342 g/mol. The molecule has 1 aromatic heterocycles. The van der Waals surface area contributed by atoms with E-state index in [1.165, 1.54) is 0 Å². The van der Waals surface area contributed by atoms with E-state index in [0.717, 1.165) is 53.4 Å². The summed E-state index contributed by atoms with van der Waals surface area (Å²) >= 11 is 0. The van der Waals surface area contributed by atoms with Gasteiger partial charge in [-0.2, -0.15) is 0 Å². The van der Waals surface area contributed by atoms with Gasteiger partial charge in [0.05, 0.1) is 18.7 Å². The molecule has 1 aliphatic heterocycles. The van der Waals surface area contributed by atoms with Crippen molar-refractivity contribution in [2.45, 2.75) is 40.7 Å². The van der Waals surface area contributed by atoms with Gasteiger partial charge in [0.15, 0.2) is 0 Å². The minimum Gasteiger partial charge on any atom is -0.496 e. The van der Waals surface area contributed by atoms with Crippen LogP contribution in [0.25, 0.3) is 11.5 Å². The highest BCUT2D eigenvalue weighted by Crippen LogP contribution is 2.31. The molecule has 1 aromatic carbocycles. The Bertz CT molecular complexity index is 828. The molecule has 27 heavy (non-hydrogen) atoms. The third-order valence-electron chi connectivity index (χ3n) is 5.23. The molecule has 1 unspecified atom stereocenters. The SMILES string of the molecule is CCNC(=O)C1CCN(Cc2nc(-c3cc(C)c(OC)cc3C)oc2C)C1. The van der Waals surface area contributed by atoms with E-state index in [1.807, 2.05) is 33.8 Å². The van der Waals surface area contributed by atoms with E-state index >= 15 is 0 Å². The third kappa shape index (κ3) is 4.16. The lowest BCUT2D eigenvalue weighted by atomic mass is 10.0. The fraction of sp³-hybridized carbons (Fsp3) is 0.524. The Hall–Kier alpha value is -2.34. The molecule has 1 N–H and O–H groups in total. The summed E-state index contributed by atoms with van der Waals surface area (Å²) in [5, 5.41) is 2.92. The summed E-state index contributed by atoms with van der Waals surface area (Å²) < 4.78 is 11.4. The van der Waals surface area contributed by atoms with Crippen molar-refractivity contribution in [1.29, 1.82) is 0 Å². The van der Waals surface area contributed by atoms with Crippen LogP contribution in [0.1, 0.15) is 35.9 Å². The Balaban J connectivity index is 1.74. The number of carbonyl (C=O) groups is 1. The average Bonchev–Trinajstić information content (AvgIpc) is 3.24. The maximum atomic E-state index is 12.0. The van der Waals surface area contributed by atoms with Crippen molar-refractivity contribution in [3.8, 4) is 17.2 Å². The van der Waals surface area contributed by atoms with Crippen LogP contribution in [0.2, 0.25) is 0 Å². The molecule has 2 aromatic rings. The number of oxazole rings is 1. The lowest BCUT2D eigenvalue weighted by Gasteiger charge is -2.14.